The van der Waals surface area contributed by atoms with Gasteiger partial charge >= 0.3 is 0 Å². The molecule has 0 saturated carbocycles. The Balaban J connectivity index is 1.74. The van der Waals surface area contributed by atoms with Gasteiger partial charge in [0, 0.05) is 28.2 Å². The van der Waals surface area contributed by atoms with Gasteiger partial charge in [-0.3, -0.25) is 0 Å². The molecule has 3 rings (SSSR count). The van der Waals surface area contributed by atoms with Crippen LogP contribution in [0.2, 0.25) is 5.02 Å². The number of aryl methyl sites for hydroxylation is 1. The molecule has 2 nitrogen and oxygen atoms in total. The fourth-order valence-corrected chi connectivity index (χ4v) is 2.97. The van der Waals surface area contributed by atoms with Gasteiger partial charge in [-0.05, 0) is 36.8 Å². The Bertz CT molecular complexity index is 752. The second kappa shape index (κ2) is 6.29. The van der Waals surface area contributed by atoms with Gasteiger partial charge in [0.2, 0.25) is 0 Å². The molecule has 106 valence electrons. The second-order valence-corrected chi connectivity index (χ2v) is 6.31. The maximum atomic E-state index is 6.00. The third-order valence-corrected chi connectivity index (χ3v) is 4.17. The first kappa shape index (κ1) is 14.1. The van der Waals surface area contributed by atoms with E-state index in [4.69, 9.17) is 11.6 Å². The lowest BCUT2D eigenvalue weighted by atomic mass is 10.1. The van der Waals surface area contributed by atoms with E-state index >= 15 is 0 Å². The number of hydrogen-bond donors (Lipinski definition) is 1. The minimum Gasteiger partial charge on any atom is -0.381 e. The Kier molecular flexibility index (Phi) is 4.23. The summed E-state index contributed by atoms with van der Waals surface area (Å²) in [6.07, 6.45) is 0. The summed E-state index contributed by atoms with van der Waals surface area (Å²) in [5, 5.41) is 7.36. The van der Waals surface area contributed by atoms with E-state index in [2.05, 4.69) is 39.9 Å². The van der Waals surface area contributed by atoms with E-state index in [1.807, 2.05) is 31.2 Å². The summed E-state index contributed by atoms with van der Waals surface area (Å²) in [6.45, 7) is 2.77. The van der Waals surface area contributed by atoms with Crippen LogP contribution < -0.4 is 5.32 Å². The number of aromatic nitrogens is 1. The molecule has 4 heteroatoms. The van der Waals surface area contributed by atoms with Crippen LogP contribution in [0.15, 0.2) is 53.9 Å². The van der Waals surface area contributed by atoms with Crippen molar-refractivity contribution in [2.24, 2.45) is 0 Å². The van der Waals surface area contributed by atoms with Gasteiger partial charge in [0.05, 0.1) is 10.7 Å². The van der Waals surface area contributed by atoms with Crippen LogP contribution in [0, 0.1) is 6.92 Å². The quantitative estimate of drug-likeness (QED) is 0.699. The van der Waals surface area contributed by atoms with Gasteiger partial charge in [0.15, 0.2) is 0 Å². The summed E-state index contributed by atoms with van der Waals surface area (Å²) >= 11 is 7.67. The SMILES string of the molecule is Cc1nc(-c2cccc(NCc3cccc(Cl)c3)c2)cs1. The van der Waals surface area contributed by atoms with Gasteiger partial charge in [0.25, 0.3) is 0 Å². The summed E-state index contributed by atoms with van der Waals surface area (Å²) < 4.78 is 0. The van der Waals surface area contributed by atoms with E-state index in [0.29, 0.717) is 0 Å². The van der Waals surface area contributed by atoms with Crippen LogP contribution in [-0.2, 0) is 6.54 Å². The molecule has 0 fully saturated rings. The Morgan fingerprint density at radius 2 is 2.00 bits per heavy atom. The predicted octanol–water partition coefficient (Wildman–Crippen LogP) is 5.38. The molecule has 0 saturated heterocycles. The largest absolute Gasteiger partial charge is 0.381 e. The van der Waals surface area contributed by atoms with Crippen LogP contribution in [0.1, 0.15) is 10.6 Å². The Labute approximate surface area is 133 Å². The zero-order chi connectivity index (χ0) is 14.7. The minimum absolute atomic E-state index is 0.750. The molecule has 1 N–H and O–H groups in total. The maximum absolute atomic E-state index is 6.00. The molecule has 1 aromatic heterocycles. The number of nitrogens with one attached hydrogen (secondary N) is 1. The molecule has 2 aromatic carbocycles. The highest BCUT2D eigenvalue weighted by Gasteiger charge is 2.03. The first-order valence-corrected chi connectivity index (χ1v) is 7.97. The highest BCUT2D eigenvalue weighted by Crippen LogP contribution is 2.24. The third kappa shape index (κ3) is 3.63. The molecular weight excluding hydrogens is 300 g/mol. The molecule has 0 bridgehead atoms. The van der Waals surface area contributed by atoms with Crippen molar-refractivity contribution in [3.8, 4) is 11.3 Å². The molecular formula is C17H15ClN2S. The first-order valence-electron chi connectivity index (χ1n) is 6.71. The summed E-state index contributed by atoms with van der Waals surface area (Å²) in [5.74, 6) is 0. The fourth-order valence-electron chi connectivity index (χ4n) is 2.14. The lowest BCUT2D eigenvalue weighted by Gasteiger charge is -2.08. The van der Waals surface area contributed by atoms with E-state index in [-0.39, 0.29) is 0 Å². The van der Waals surface area contributed by atoms with E-state index in [1.54, 1.807) is 11.3 Å². The van der Waals surface area contributed by atoms with Crippen LogP contribution in [0.25, 0.3) is 11.3 Å². The van der Waals surface area contributed by atoms with Crippen molar-refractivity contribution in [1.82, 2.24) is 4.98 Å². The molecule has 0 aliphatic rings. The average molecular weight is 315 g/mol. The molecule has 0 radical (unpaired) electrons. The first-order chi connectivity index (χ1) is 10.2. The van der Waals surface area contributed by atoms with Gasteiger partial charge in [-0.2, -0.15) is 0 Å². The van der Waals surface area contributed by atoms with E-state index < -0.39 is 0 Å². The van der Waals surface area contributed by atoms with E-state index in [9.17, 15) is 0 Å². The number of hydrogen-bond acceptors (Lipinski definition) is 3. The van der Waals surface area contributed by atoms with Crippen LogP contribution in [-0.4, -0.2) is 4.98 Å². The number of thiazole rings is 1. The van der Waals surface area contributed by atoms with Crippen molar-refractivity contribution >= 4 is 28.6 Å². The van der Waals surface area contributed by atoms with Crippen molar-refractivity contribution in [3.05, 3.63) is 69.5 Å². The number of rotatable bonds is 4. The summed E-state index contributed by atoms with van der Waals surface area (Å²) in [7, 11) is 0. The number of halogens is 1. The molecule has 1 heterocycles. The van der Waals surface area contributed by atoms with Gasteiger partial charge < -0.3 is 5.32 Å². The lowest BCUT2D eigenvalue weighted by Crippen LogP contribution is -1.99. The standard InChI is InChI=1S/C17H15ClN2S/c1-12-20-17(11-21-12)14-5-3-7-16(9-14)19-10-13-4-2-6-15(18)8-13/h2-9,11,19H,10H2,1H3. The summed E-state index contributed by atoms with van der Waals surface area (Å²) in [6, 6.07) is 16.2. The number of nitrogens with zero attached hydrogens (tertiary/aromatic N) is 1. The number of anilines is 1. The monoisotopic (exact) mass is 314 g/mol. The predicted molar refractivity (Wildman–Crippen MR) is 91.1 cm³/mol. The molecule has 21 heavy (non-hydrogen) atoms. The van der Waals surface area contributed by atoms with Crippen molar-refractivity contribution < 1.29 is 0 Å². The molecule has 0 aliphatic carbocycles. The molecule has 0 atom stereocenters. The number of benzene rings is 2. The average Bonchev–Trinajstić information content (AvgIpc) is 2.92. The maximum Gasteiger partial charge on any atom is 0.0901 e. The van der Waals surface area contributed by atoms with Gasteiger partial charge in [0.1, 0.15) is 0 Å². The highest BCUT2D eigenvalue weighted by molar-refractivity contribution is 7.09. The van der Waals surface area contributed by atoms with Crippen LogP contribution in [0.4, 0.5) is 5.69 Å². The molecule has 0 spiro atoms. The van der Waals surface area contributed by atoms with Crippen molar-refractivity contribution in [3.63, 3.8) is 0 Å². The minimum atomic E-state index is 0.750. The molecule has 0 aliphatic heterocycles. The van der Waals surface area contributed by atoms with Crippen molar-refractivity contribution in [2.75, 3.05) is 5.32 Å². The van der Waals surface area contributed by atoms with Gasteiger partial charge in [-0.25, -0.2) is 4.98 Å². The second-order valence-electron chi connectivity index (χ2n) is 4.82. The van der Waals surface area contributed by atoms with Crippen molar-refractivity contribution in [2.45, 2.75) is 13.5 Å². The molecule has 0 amide bonds. The Hall–Kier alpha value is -1.84. The Morgan fingerprint density at radius 1 is 1.14 bits per heavy atom. The molecule has 3 aromatic rings. The zero-order valence-corrected chi connectivity index (χ0v) is 13.2. The van der Waals surface area contributed by atoms with E-state index in [0.717, 1.165) is 39.1 Å². The zero-order valence-electron chi connectivity index (χ0n) is 11.6. The smallest absolute Gasteiger partial charge is 0.0901 e. The van der Waals surface area contributed by atoms with Gasteiger partial charge in [-0.1, -0.05) is 35.9 Å². The van der Waals surface area contributed by atoms with Crippen molar-refractivity contribution in [1.29, 1.82) is 0 Å². The summed E-state index contributed by atoms with van der Waals surface area (Å²) in [5.41, 5.74) is 4.41. The van der Waals surface area contributed by atoms with Gasteiger partial charge in [-0.15, -0.1) is 11.3 Å². The molecule has 0 unspecified atom stereocenters. The topological polar surface area (TPSA) is 24.9 Å². The normalized spacial score (nSPS) is 10.6. The Morgan fingerprint density at radius 3 is 2.76 bits per heavy atom. The lowest BCUT2D eigenvalue weighted by molar-refractivity contribution is 1.15. The fraction of sp³-hybridized carbons (Fsp3) is 0.118. The summed E-state index contributed by atoms with van der Waals surface area (Å²) in [4.78, 5) is 4.53. The van der Waals surface area contributed by atoms with Crippen LogP contribution >= 0.6 is 22.9 Å². The van der Waals surface area contributed by atoms with E-state index in [1.165, 1.54) is 0 Å². The van der Waals surface area contributed by atoms with Crippen LogP contribution in [0.3, 0.4) is 0 Å². The highest BCUT2D eigenvalue weighted by atomic mass is 35.5. The van der Waals surface area contributed by atoms with Crippen LogP contribution in [0.5, 0.6) is 0 Å². The third-order valence-electron chi connectivity index (χ3n) is 3.16.